The molecule has 1 N–H and O–H groups in total. The Hall–Kier alpha value is -1.24. The van der Waals surface area contributed by atoms with Crippen molar-refractivity contribution in [1.82, 2.24) is 4.90 Å². The van der Waals surface area contributed by atoms with Gasteiger partial charge in [-0.05, 0) is 48.7 Å². The van der Waals surface area contributed by atoms with Gasteiger partial charge < -0.3 is 14.3 Å². The number of hydrogen-bond acceptors (Lipinski definition) is 6. The minimum absolute atomic E-state index is 0.0101. The van der Waals surface area contributed by atoms with Gasteiger partial charge in [-0.3, -0.25) is 15.0 Å². The van der Waals surface area contributed by atoms with Crippen molar-refractivity contribution < 1.29 is 24.0 Å². The van der Waals surface area contributed by atoms with Gasteiger partial charge in [0.15, 0.2) is 8.32 Å². The highest BCUT2D eigenvalue weighted by Gasteiger charge is 2.45. The summed E-state index contributed by atoms with van der Waals surface area (Å²) < 4.78 is 12.8. The monoisotopic (exact) mass is 564 g/mol. The Labute approximate surface area is 198 Å². The van der Waals surface area contributed by atoms with Crippen LogP contribution in [0.3, 0.4) is 0 Å². The lowest BCUT2D eigenvalue weighted by Crippen LogP contribution is -2.45. The summed E-state index contributed by atoms with van der Waals surface area (Å²) in [6.45, 7) is 11.3. The highest BCUT2D eigenvalue weighted by molar-refractivity contribution is 14.1. The molecule has 31 heavy (non-hydrogen) atoms. The van der Waals surface area contributed by atoms with E-state index in [0.717, 1.165) is 4.43 Å². The Morgan fingerprint density at radius 2 is 1.97 bits per heavy atom. The number of aliphatic hydroxyl groups is 1. The molecule has 3 atom stereocenters. The lowest BCUT2D eigenvalue weighted by atomic mass is 10.1. The zero-order valence-electron chi connectivity index (χ0n) is 18.8. The molecule has 0 aliphatic carbocycles. The summed E-state index contributed by atoms with van der Waals surface area (Å²) in [5.74, 6) is 0. The van der Waals surface area contributed by atoms with Gasteiger partial charge in [0.1, 0.15) is 6.61 Å². The number of nitro benzene ring substituents is 1. The zero-order valence-corrected chi connectivity index (χ0v) is 22.0. The quantitative estimate of drug-likeness (QED) is 0.159. The first kappa shape index (κ1) is 26.0. The summed E-state index contributed by atoms with van der Waals surface area (Å²) >= 11 is 2.22. The van der Waals surface area contributed by atoms with Crippen LogP contribution in [0.5, 0.6) is 0 Å². The predicted molar refractivity (Wildman–Crippen MR) is 130 cm³/mol. The van der Waals surface area contributed by atoms with Crippen molar-refractivity contribution in [3.8, 4) is 0 Å². The number of ether oxygens (including phenoxy) is 1. The van der Waals surface area contributed by atoms with Gasteiger partial charge in [-0.15, -0.1) is 0 Å². The van der Waals surface area contributed by atoms with Crippen molar-refractivity contribution in [2.45, 2.75) is 76.6 Å². The smallest absolute Gasteiger partial charge is 0.410 e. The van der Waals surface area contributed by atoms with Crippen LogP contribution < -0.4 is 0 Å². The summed E-state index contributed by atoms with van der Waals surface area (Å²) in [5.41, 5.74) is 0.652. The van der Waals surface area contributed by atoms with Crippen LogP contribution in [-0.4, -0.2) is 58.6 Å². The van der Waals surface area contributed by atoms with Crippen LogP contribution in [0.4, 0.5) is 10.5 Å². The minimum Gasteiger partial charge on any atom is -0.445 e. The van der Waals surface area contributed by atoms with Crippen molar-refractivity contribution in [2.75, 3.05) is 11.0 Å². The van der Waals surface area contributed by atoms with Gasteiger partial charge >= 0.3 is 6.09 Å². The van der Waals surface area contributed by atoms with Crippen molar-refractivity contribution in [2.24, 2.45) is 0 Å². The molecular weight excluding hydrogens is 531 g/mol. The average Bonchev–Trinajstić information content (AvgIpc) is 3.09. The Morgan fingerprint density at radius 3 is 2.48 bits per heavy atom. The molecule has 1 amide bonds. The van der Waals surface area contributed by atoms with E-state index in [9.17, 15) is 20.0 Å². The molecule has 0 unspecified atom stereocenters. The second-order valence-electron chi connectivity index (χ2n) is 9.48. The molecule has 0 saturated carbocycles. The van der Waals surface area contributed by atoms with E-state index in [1.807, 2.05) is 0 Å². The number of alkyl halides is 1. The van der Waals surface area contributed by atoms with Gasteiger partial charge in [0, 0.05) is 23.1 Å². The van der Waals surface area contributed by atoms with Crippen LogP contribution in [0.1, 0.15) is 39.2 Å². The molecule has 0 radical (unpaired) electrons. The lowest BCUT2D eigenvalue weighted by Gasteiger charge is -2.38. The number of rotatable bonds is 8. The molecule has 0 spiro atoms. The van der Waals surface area contributed by atoms with E-state index in [1.165, 1.54) is 12.1 Å². The number of amides is 1. The van der Waals surface area contributed by atoms with Crippen molar-refractivity contribution >= 4 is 42.7 Å². The number of likely N-dealkylation sites (tertiary alicyclic amines) is 1. The summed E-state index contributed by atoms with van der Waals surface area (Å²) in [4.78, 5) is 24.7. The van der Waals surface area contributed by atoms with Crippen LogP contribution in [0.2, 0.25) is 18.1 Å². The van der Waals surface area contributed by atoms with E-state index in [2.05, 4.69) is 56.5 Å². The third-order valence-corrected chi connectivity index (χ3v) is 11.3. The molecule has 1 aliphatic heterocycles. The maximum Gasteiger partial charge on any atom is 0.410 e. The first-order valence-corrected chi connectivity index (χ1v) is 14.9. The number of carbonyl (C=O) groups is 1. The fourth-order valence-electron chi connectivity index (χ4n) is 3.33. The molecule has 1 saturated heterocycles. The molecule has 1 aromatic carbocycles. The highest BCUT2D eigenvalue weighted by Crippen LogP contribution is 2.39. The van der Waals surface area contributed by atoms with E-state index in [4.69, 9.17) is 9.16 Å². The Kier molecular flexibility index (Phi) is 8.88. The molecule has 1 heterocycles. The first-order valence-electron chi connectivity index (χ1n) is 10.4. The number of halogens is 1. The summed E-state index contributed by atoms with van der Waals surface area (Å²) in [5, 5.41) is 21.5. The number of hydrogen-bond donors (Lipinski definition) is 1. The van der Waals surface area contributed by atoms with Gasteiger partial charge in [-0.2, -0.15) is 0 Å². The molecule has 1 aliphatic rings. The molecule has 2 rings (SSSR count). The summed E-state index contributed by atoms with van der Waals surface area (Å²) in [7, 11) is -2.02. The fraction of sp³-hybridized carbons (Fsp3) is 0.667. The highest BCUT2D eigenvalue weighted by atomic mass is 127. The molecule has 1 fully saturated rings. The Bertz CT molecular complexity index is 768. The van der Waals surface area contributed by atoms with Gasteiger partial charge in [-0.25, -0.2) is 4.79 Å². The van der Waals surface area contributed by atoms with Crippen molar-refractivity contribution in [1.29, 1.82) is 0 Å². The Morgan fingerprint density at radius 1 is 1.35 bits per heavy atom. The van der Waals surface area contributed by atoms with E-state index in [1.54, 1.807) is 17.0 Å². The number of nitro groups is 1. The van der Waals surface area contributed by atoms with Crippen LogP contribution in [0.15, 0.2) is 24.3 Å². The zero-order chi connectivity index (χ0) is 23.4. The van der Waals surface area contributed by atoms with E-state index in [-0.39, 0.29) is 29.5 Å². The predicted octanol–water partition coefficient (Wildman–Crippen LogP) is 4.88. The van der Waals surface area contributed by atoms with Crippen LogP contribution in [0, 0.1) is 10.1 Å². The van der Waals surface area contributed by atoms with Crippen molar-refractivity contribution in [3.63, 3.8) is 0 Å². The van der Waals surface area contributed by atoms with Crippen molar-refractivity contribution in [3.05, 3.63) is 39.9 Å². The Balaban J connectivity index is 2.07. The normalized spacial score (nSPS) is 20.5. The van der Waals surface area contributed by atoms with Crippen LogP contribution >= 0.6 is 22.6 Å². The van der Waals surface area contributed by atoms with Crippen LogP contribution in [-0.2, 0) is 15.8 Å². The minimum atomic E-state index is -2.02. The number of non-ortho nitro benzene ring substituents is 1. The standard InChI is InChI=1S/C21H33IN2O6Si/c1-21(2,3)31(4,5)30-17-12-18(19(25)10-11-22)23(13-17)20(26)29-14-15-6-8-16(9-7-15)24(27)28/h6-9,17-19,25H,10-14H2,1-5H3/t17-,18+,19-/m1/s1. The number of benzene rings is 1. The van der Waals surface area contributed by atoms with Crippen LogP contribution in [0.25, 0.3) is 0 Å². The van der Waals surface area contributed by atoms with Gasteiger partial charge in [0.2, 0.25) is 0 Å². The van der Waals surface area contributed by atoms with E-state index >= 15 is 0 Å². The third kappa shape index (κ3) is 6.87. The largest absolute Gasteiger partial charge is 0.445 e. The van der Waals surface area contributed by atoms with E-state index < -0.39 is 25.4 Å². The summed E-state index contributed by atoms with van der Waals surface area (Å²) in [6, 6.07) is 5.56. The molecule has 8 nitrogen and oxygen atoms in total. The van der Waals surface area contributed by atoms with E-state index in [0.29, 0.717) is 24.9 Å². The maximum absolute atomic E-state index is 12.9. The third-order valence-electron chi connectivity index (χ3n) is 6.17. The molecule has 1 aromatic rings. The van der Waals surface area contributed by atoms with Gasteiger partial charge in [-0.1, -0.05) is 43.4 Å². The average molecular weight is 564 g/mol. The second-order valence-corrected chi connectivity index (χ2v) is 15.3. The first-order chi connectivity index (χ1) is 14.4. The molecule has 0 aromatic heterocycles. The maximum atomic E-state index is 12.9. The fourth-order valence-corrected chi connectivity index (χ4v) is 5.32. The molecular formula is C21H33IN2O6Si. The summed E-state index contributed by atoms with van der Waals surface area (Å²) in [6.07, 6.45) is -0.114. The molecule has 10 heteroatoms. The SMILES string of the molecule is CC(C)(C)[Si](C)(C)O[C@@H]1C[C@@H]([C@H](O)CCI)N(C(=O)OCc2ccc([N+](=O)[O-])cc2)C1. The topological polar surface area (TPSA) is 102 Å². The second kappa shape index (κ2) is 10.6. The lowest BCUT2D eigenvalue weighted by molar-refractivity contribution is -0.384. The molecule has 174 valence electrons. The number of nitrogens with zero attached hydrogens (tertiary/aromatic N) is 2. The van der Waals surface area contributed by atoms with Gasteiger partial charge in [0.05, 0.1) is 23.2 Å². The molecule has 0 bridgehead atoms. The number of carbonyl (C=O) groups excluding carboxylic acids is 1. The number of aliphatic hydroxyl groups excluding tert-OH is 1. The van der Waals surface area contributed by atoms with Gasteiger partial charge in [0.25, 0.3) is 5.69 Å².